The molecule has 1 aliphatic heterocycles. The summed E-state index contributed by atoms with van der Waals surface area (Å²) in [4.78, 5) is 23.6. The van der Waals surface area contributed by atoms with Crippen molar-refractivity contribution in [3.05, 3.63) is 66.9 Å². The number of aromatic nitrogens is 7. The van der Waals surface area contributed by atoms with Crippen LogP contribution in [0.1, 0.15) is 18.4 Å². The molecule has 36 heavy (non-hydrogen) atoms. The summed E-state index contributed by atoms with van der Waals surface area (Å²) < 4.78 is 21.2. The maximum Gasteiger partial charge on any atom is 0.161 e. The van der Waals surface area contributed by atoms with Gasteiger partial charge in [0.05, 0.1) is 35.1 Å². The van der Waals surface area contributed by atoms with Crippen LogP contribution in [0.3, 0.4) is 0 Å². The third-order valence-electron chi connectivity index (χ3n) is 6.64. The highest BCUT2D eigenvalue weighted by Gasteiger charge is 2.22. The van der Waals surface area contributed by atoms with Crippen molar-refractivity contribution >= 4 is 21.9 Å². The van der Waals surface area contributed by atoms with Crippen LogP contribution in [0.4, 0.5) is 4.39 Å². The van der Waals surface area contributed by atoms with Crippen molar-refractivity contribution in [2.75, 3.05) is 13.1 Å². The minimum absolute atomic E-state index is 0.234. The fourth-order valence-electron chi connectivity index (χ4n) is 4.91. The number of imidazole rings is 1. The monoisotopic (exact) mass is 480 g/mol. The molecular formula is C26H21FN8O. The molecular weight excluding hydrogens is 459 g/mol. The van der Waals surface area contributed by atoms with Gasteiger partial charge >= 0.3 is 0 Å². The zero-order valence-corrected chi connectivity index (χ0v) is 19.2. The van der Waals surface area contributed by atoms with Gasteiger partial charge in [0.1, 0.15) is 22.6 Å². The fourth-order valence-corrected chi connectivity index (χ4v) is 4.91. The Morgan fingerprint density at radius 1 is 0.972 bits per heavy atom. The van der Waals surface area contributed by atoms with Crippen molar-refractivity contribution < 1.29 is 8.81 Å². The van der Waals surface area contributed by atoms with Crippen LogP contribution in [-0.2, 0) is 6.54 Å². The molecule has 2 N–H and O–H groups in total. The maximum atomic E-state index is 16.0. The summed E-state index contributed by atoms with van der Waals surface area (Å²) in [6.07, 6.45) is 12.4. The Balaban J connectivity index is 1.32. The second kappa shape index (κ2) is 8.35. The van der Waals surface area contributed by atoms with E-state index in [0.717, 1.165) is 36.3 Å². The molecule has 0 saturated carbocycles. The number of hydrogen-bond donors (Lipinski definition) is 2. The number of fused-ring (bicyclic) bond motifs is 2. The smallest absolute Gasteiger partial charge is 0.161 e. The van der Waals surface area contributed by atoms with E-state index in [1.807, 2.05) is 24.4 Å². The lowest BCUT2D eigenvalue weighted by molar-refractivity contribution is 0.331. The van der Waals surface area contributed by atoms with Crippen LogP contribution >= 0.6 is 0 Å². The maximum absolute atomic E-state index is 16.0. The second-order valence-corrected chi connectivity index (χ2v) is 9.00. The molecule has 0 amide bonds. The van der Waals surface area contributed by atoms with E-state index in [0.29, 0.717) is 39.2 Å². The fraction of sp³-hybridized carbons (Fsp3) is 0.192. The molecule has 9 nitrogen and oxygen atoms in total. The molecule has 1 fully saturated rings. The number of rotatable bonds is 5. The molecule has 1 aliphatic rings. The van der Waals surface area contributed by atoms with E-state index >= 15 is 4.39 Å². The zero-order chi connectivity index (χ0) is 24.1. The van der Waals surface area contributed by atoms with E-state index in [2.05, 4.69) is 35.0 Å². The van der Waals surface area contributed by atoms with Gasteiger partial charge in [0, 0.05) is 36.3 Å². The summed E-state index contributed by atoms with van der Waals surface area (Å²) in [6.45, 7) is 2.96. The summed E-state index contributed by atoms with van der Waals surface area (Å²) in [5, 5.41) is 7.58. The first kappa shape index (κ1) is 20.9. The van der Waals surface area contributed by atoms with Crippen molar-refractivity contribution in [2.45, 2.75) is 19.4 Å². The van der Waals surface area contributed by atoms with Crippen LogP contribution < -0.4 is 0 Å². The van der Waals surface area contributed by atoms with Crippen LogP contribution in [0.2, 0.25) is 0 Å². The highest BCUT2D eigenvalue weighted by Crippen LogP contribution is 2.34. The Bertz CT molecular complexity index is 1700. The number of hydrogen-bond acceptors (Lipinski definition) is 7. The predicted octanol–water partition coefficient (Wildman–Crippen LogP) is 4.95. The van der Waals surface area contributed by atoms with Crippen molar-refractivity contribution in [1.82, 2.24) is 40.0 Å². The molecule has 0 atom stereocenters. The van der Waals surface area contributed by atoms with Gasteiger partial charge in [-0.1, -0.05) is 0 Å². The van der Waals surface area contributed by atoms with E-state index in [4.69, 9.17) is 9.40 Å². The number of H-pyrrole nitrogens is 2. The quantitative estimate of drug-likeness (QED) is 0.359. The normalized spacial score (nSPS) is 14.4. The van der Waals surface area contributed by atoms with Gasteiger partial charge in [-0.15, -0.1) is 0 Å². The van der Waals surface area contributed by atoms with E-state index in [1.165, 1.54) is 12.8 Å². The van der Waals surface area contributed by atoms with Crippen LogP contribution in [0.15, 0.2) is 59.9 Å². The van der Waals surface area contributed by atoms with Gasteiger partial charge in [0.2, 0.25) is 0 Å². The summed E-state index contributed by atoms with van der Waals surface area (Å²) in [5.74, 6) is -0.0315. The number of pyridine rings is 3. The summed E-state index contributed by atoms with van der Waals surface area (Å²) >= 11 is 0. The standard InChI is InChI=1S/C26H21FN8O/c27-21-20-19(12-30-22(21)17-9-15(10-28-11-17)13-35-6-1-2-7-35)33-34-25(20)26-31-18-3-5-29-23(24(18)32-26)16-4-8-36-14-16/h3-5,8-12,14H,1-2,6-7,13H2,(H,31,32)(H,33,34). The lowest BCUT2D eigenvalue weighted by Gasteiger charge is -2.14. The molecule has 0 aliphatic carbocycles. The minimum atomic E-state index is -0.468. The van der Waals surface area contributed by atoms with E-state index in [-0.39, 0.29) is 5.69 Å². The molecule has 0 radical (unpaired) electrons. The van der Waals surface area contributed by atoms with Crippen LogP contribution in [0, 0.1) is 5.82 Å². The number of nitrogens with zero attached hydrogens (tertiary/aromatic N) is 6. The molecule has 0 bridgehead atoms. The molecule has 178 valence electrons. The first-order chi connectivity index (χ1) is 17.7. The van der Waals surface area contributed by atoms with Crippen LogP contribution in [0.25, 0.3) is 56.0 Å². The van der Waals surface area contributed by atoms with Crippen molar-refractivity contribution in [2.24, 2.45) is 0 Å². The lowest BCUT2D eigenvalue weighted by Crippen LogP contribution is -2.18. The predicted molar refractivity (Wildman–Crippen MR) is 132 cm³/mol. The van der Waals surface area contributed by atoms with E-state index < -0.39 is 5.82 Å². The molecule has 0 aromatic carbocycles. The first-order valence-electron chi connectivity index (χ1n) is 11.8. The van der Waals surface area contributed by atoms with Crippen molar-refractivity contribution in [3.8, 4) is 34.0 Å². The second-order valence-electron chi connectivity index (χ2n) is 9.00. The van der Waals surface area contributed by atoms with Crippen molar-refractivity contribution in [1.29, 1.82) is 0 Å². The highest BCUT2D eigenvalue weighted by atomic mass is 19.1. The van der Waals surface area contributed by atoms with E-state index in [1.54, 1.807) is 31.1 Å². The molecule has 6 aromatic rings. The average molecular weight is 481 g/mol. The van der Waals surface area contributed by atoms with Crippen LogP contribution in [-0.4, -0.2) is 53.1 Å². The number of furan rings is 1. The number of aromatic amines is 2. The molecule has 6 aromatic heterocycles. The highest BCUT2D eigenvalue weighted by molar-refractivity contribution is 5.97. The van der Waals surface area contributed by atoms with Gasteiger partial charge < -0.3 is 9.40 Å². The zero-order valence-electron chi connectivity index (χ0n) is 19.2. The Labute approximate surface area is 204 Å². The average Bonchev–Trinajstić information content (AvgIpc) is 3.70. The summed E-state index contributed by atoms with van der Waals surface area (Å²) in [6, 6.07) is 5.61. The Kier molecular flexibility index (Phi) is 4.84. The third kappa shape index (κ3) is 3.45. The molecule has 7 rings (SSSR count). The Morgan fingerprint density at radius 3 is 2.75 bits per heavy atom. The SMILES string of the molecule is Fc1c(-c2cncc(CN3CCCC3)c2)ncc2[nH]nc(-c3nc4c(-c5ccoc5)nccc4[nH]3)c12. The number of halogens is 1. The summed E-state index contributed by atoms with van der Waals surface area (Å²) in [7, 11) is 0. The Morgan fingerprint density at radius 2 is 1.89 bits per heavy atom. The number of nitrogens with one attached hydrogen (secondary N) is 2. The molecule has 1 saturated heterocycles. The molecule has 0 unspecified atom stereocenters. The van der Waals surface area contributed by atoms with Gasteiger partial charge in [0.25, 0.3) is 0 Å². The molecule has 10 heteroatoms. The van der Waals surface area contributed by atoms with Crippen LogP contribution in [0.5, 0.6) is 0 Å². The molecule has 0 spiro atoms. The lowest BCUT2D eigenvalue weighted by atomic mass is 10.1. The van der Waals surface area contributed by atoms with Gasteiger partial charge in [-0.05, 0) is 49.7 Å². The first-order valence-corrected chi connectivity index (χ1v) is 11.8. The van der Waals surface area contributed by atoms with Gasteiger partial charge in [0.15, 0.2) is 11.6 Å². The summed E-state index contributed by atoms with van der Waals surface area (Å²) in [5.41, 5.74) is 5.67. The Hall–Kier alpha value is -4.44. The van der Waals surface area contributed by atoms with E-state index in [9.17, 15) is 0 Å². The molecule has 7 heterocycles. The van der Waals surface area contributed by atoms with Crippen molar-refractivity contribution in [3.63, 3.8) is 0 Å². The number of likely N-dealkylation sites (tertiary alicyclic amines) is 1. The van der Waals surface area contributed by atoms with Gasteiger partial charge in [-0.25, -0.2) is 9.37 Å². The third-order valence-corrected chi connectivity index (χ3v) is 6.64. The van der Waals surface area contributed by atoms with Gasteiger partial charge in [-0.2, -0.15) is 5.10 Å². The topological polar surface area (TPSA) is 112 Å². The largest absolute Gasteiger partial charge is 0.472 e. The minimum Gasteiger partial charge on any atom is -0.472 e. The van der Waals surface area contributed by atoms with Gasteiger partial charge in [-0.3, -0.25) is 25.0 Å².